The first kappa shape index (κ1) is 13.5. The third-order valence-electron chi connectivity index (χ3n) is 6.51. The number of hydrogen-bond donors (Lipinski definition) is 0. The summed E-state index contributed by atoms with van der Waals surface area (Å²) in [7, 11) is 0. The van der Waals surface area contributed by atoms with Crippen LogP contribution < -0.4 is 4.90 Å². The summed E-state index contributed by atoms with van der Waals surface area (Å²) in [6, 6.07) is 9.49. The summed E-state index contributed by atoms with van der Waals surface area (Å²) in [5.41, 5.74) is 3.87. The Morgan fingerprint density at radius 1 is 0.783 bits per heavy atom. The molecule has 1 aromatic rings. The number of amides is 2. The number of imide groups is 1. The van der Waals surface area contributed by atoms with Gasteiger partial charge in [0.1, 0.15) is 0 Å². The third-order valence-corrected chi connectivity index (χ3v) is 6.51. The van der Waals surface area contributed by atoms with Crippen LogP contribution >= 0.6 is 0 Å². The average Bonchev–Trinajstić information content (AvgIpc) is 3.26. The first-order valence-corrected chi connectivity index (χ1v) is 8.92. The quantitative estimate of drug-likeness (QED) is 0.586. The zero-order valence-corrected chi connectivity index (χ0v) is 13.2. The minimum absolute atomic E-state index is 0.0570. The second-order valence-corrected chi connectivity index (χ2v) is 7.45. The molecule has 0 aromatic heterocycles. The van der Waals surface area contributed by atoms with Gasteiger partial charge in [0.2, 0.25) is 11.8 Å². The summed E-state index contributed by atoms with van der Waals surface area (Å²) in [6.07, 6.45) is 6.88. The van der Waals surface area contributed by atoms with E-state index < -0.39 is 0 Å². The lowest BCUT2D eigenvalue weighted by Gasteiger charge is -2.34. The van der Waals surface area contributed by atoms with Crippen LogP contribution in [0.15, 0.2) is 41.5 Å². The van der Waals surface area contributed by atoms with Crippen molar-refractivity contribution in [1.29, 1.82) is 0 Å². The molecule has 2 saturated carbocycles. The molecule has 0 unspecified atom stereocenters. The van der Waals surface area contributed by atoms with Gasteiger partial charge in [0, 0.05) is 0 Å². The molecule has 1 heterocycles. The van der Waals surface area contributed by atoms with Gasteiger partial charge in [-0.05, 0) is 62.5 Å². The first-order valence-electron chi connectivity index (χ1n) is 8.92. The number of carbonyl (C=O) groups excluding carboxylic acids is 2. The highest BCUT2D eigenvalue weighted by molar-refractivity contribution is 6.22. The van der Waals surface area contributed by atoms with Crippen LogP contribution in [0.5, 0.6) is 0 Å². The molecular weight excluding hydrogens is 286 g/mol. The molecule has 0 radical (unpaired) electrons. The average molecular weight is 307 g/mol. The Hall–Kier alpha value is -1.90. The Kier molecular flexibility index (Phi) is 2.82. The van der Waals surface area contributed by atoms with Gasteiger partial charge in [-0.1, -0.05) is 29.3 Å². The lowest BCUT2D eigenvalue weighted by Crippen LogP contribution is -2.35. The summed E-state index contributed by atoms with van der Waals surface area (Å²) < 4.78 is 0. The number of hydrogen-bond acceptors (Lipinski definition) is 2. The van der Waals surface area contributed by atoms with E-state index in [9.17, 15) is 9.59 Å². The van der Waals surface area contributed by atoms with Crippen molar-refractivity contribution in [2.45, 2.75) is 38.5 Å². The second-order valence-electron chi connectivity index (χ2n) is 7.45. The van der Waals surface area contributed by atoms with E-state index in [-0.39, 0.29) is 23.7 Å². The van der Waals surface area contributed by atoms with Gasteiger partial charge in [-0.15, -0.1) is 0 Å². The highest BCUT2D eigenvalue weighted by Crippen LogP contribution is 2.57. The van der Waals surface area contributed by atoms with Crippen molar-refractivity contribution in [3.8, 4) is 0 Å². The summed E-state index contributed by atoms with van der Waals surface area (Å²) in [4.78, 5) is 27.8. The maximum absolute atomic E-state index is 13.2. The molecule has 118 valence electrons. The van der Waals surface area contributed by atoms with Crippen LogP contribution in [-0.2, 0) is 9.59 Å². The normalized spacial score (nSPS) is 35.6. The van der Waals surface area contributed by atoms with E-state index in [0.29, 0.717) is 11.8 Å². The van der Waals surface area contributed by atoms with Gasteiger partial charge in [0.05, 0.1) is 17.5 Å². The smallest absolute Gasteiger partial charge is 0.238 e. The highest BCUT2D eigenvalue weighted by atomic mass is 16.2. The third kappa shape index (κ3) is 1.71. The van der Waals surface area contributed by atoms with Gasteiger partial charge in [-0.3, -0.25) is 14.5 Å². The predicted octanol–water partition coefficient (Wildman–Crippen LogP) is 3.70. The summed E-state index contributed by atoms with van der Waals surface area (Å²) in [6.45, 7) is 0. The Morgan fingerprint density at radius 3 is 1.83 bits per heavy atom. The molecule has 3 fully saturated rings. The van der Waals surface area contributed by atoms with E-state index in [1.165, 1.54) is 17.7 Å². The van der Waals surface area contributed by atoms with Crippen molar-refractivity contribution < 1.29 is 9.59 Å². The van der Waals surface area contributed by atoms with E-state index in [4.69, 9.17) is 0 Å². The minimum atomic E-state index is -0.0907. The lowest BCUT2D eigenvalue weighted by molar-refractivity contribution is -0.122. The molecule has 3 heteroatoms. The maximum Gasteiger partial charge on any atom is 0.238 e. The van der Waals surface area contributed by atoms with E-state index in [0.717, 1.165) is 31.4 Å². The molecule has 3 aliphatic carbocycles. The van der Waals surface area contributed by atoms with Gasteiger partial charge in [0.15, 0.2) is 0 Å². The SMILES string of the molecule is O=C1[C@@H]2[C@H](C(=O)N1c1ccccc1)[C@@H]1CCCC1=C1CCC[C@H]12. The van der Waals surface area contributed by atoms with Crippen LogP contribution in [-0.4, -0.2) is 11.8 Å². The number of para-hydroxylation sites is 1. The molecule has 1 aliphatic heterocycles. The second kappa shape index (κ2) is 4.80. The monoisotopic (exact) mass is 307 g/mol. The van der Waals surface area contributed by atoms with Crippen LogP contribution in [0.4, 0.5) is 5.69 Å². The highest BCUT2D eigenvalue weighted by Gasteiger charge is 2.59. The zero-order chi connectivity index (χ0) is 15.6. The number of nitrogens with zero attached hydrogens (tertiary/aromatic N) is 1. The lowest BCUT2D eigenvalue weighted by atomic mass is 9.66. The van der Waals surface area contributed by atoms with E-state index in [1.54, 1.807) is 11.1 Å². The predicted molar refractivity (Wildman–Crippen MR) is 87.6 cm³/mol. The summed E-state index contributed by atoms with van der Waals surface area (Å²) in [5.74, 6) is 0.617. The number of rotatable bonds is 1. The Bertz CT molecular complexity index is 678. The van der Waals surface area contributed by atoms with Gasteiger partial charge in [-0.2, -0.15) is 0 Å². The number of fused-ring (bicyclic) bond motifs is 5. The minimum Gasteiger partial charge on any atom is -0.274 e. The number of carbonyl (C=O) groups is 2. The topological polar surface area (TPSA) is 37.4 Å². The zero-order valence-electron chi connectivity index (χ0n) is 13.2. The largest absolute Gasteiger partial charge is 0.274 e. The van der Waals surface area contributed by atoms with Gasteiger partial charge in [0.25, 0.3) is 0 Å². The van der Waals surface area contributed by atoms with Crippen LogP contribution in [0.3, 0.4) is 0 Å². The molecule has 1 aromatic carbocycles. The Labute approximate surface area is 136 Å². The molecular formula is C20H21NO2. The van der Waals surface area contributed by atoms with Crippen molar-refractivity contribution in [3.63, 3.8) is 0 Å². The van der Waals surface area contributed by atoms with Crippen molar-refractivity contribution in [1.82, 2.24) is 0 Å². The summed E-state index contributed by atoms with van der Waals surface area (Å²) in [5, 5.41) is 0. The molecule has 4 aliphatic rings. The number of allylic oxidation sites excluding steroid dienone is 2. The van der Waals surface area contributed by atoms with Crippen molar-refractivity contribution in [2.24, 2.45) is 23.7 Å². The first-order chi connectivity index (χ1) is 11.3. The van der Waals surface area contributed by atoms with Gasteiger partial charge in [-0.25, -0.2) is 0 Å². The van der Waals surface area contributed by atoms with Crippen LogP contribution in [0, 0.1) is 23.7 Å². The fraction of sp³-hybridized carbons (Fsp3) is 0.500. The molecule has 5 rings (SSSR count). The van der Waals surface area contributed by atoms with Crippen molar-refractivity contribution in [3.05, 3.63) is 41.5 Å². The van der Waals surface area contributed by atoms with E-state index in [2.05, 4.69) is 0 Å². The Morgan fingerprint density at radius 2 is 1.30 bits per heavy atom. The van der Waals surface area contributed by atoms with E-state index >= 15 is 0 Å². The molecule has 1 saturated heterocycles. The van der Waals surface area contributed by atoms with Crippen LogP contribution in [0.2, 0.25) is 0 Å². The molecule has 0 N–H and O–H groups in total. The van der Waals surface area contributed by atoms with Crippen LogP contribution in [0.25, 0.3) is 0 Å². The fourth-order valence-corrected chi connectivity index (χ4v) is 5.72. The maximum atomic E-state index is 13.2. The molecule has 3 nitrogen and oxygen atoms in total. The molecule has 23 heavy (non-hydrogen) atoms. The molecule has 4 atom stereocenters. The fourth-order valence-electron chi connectivity index (χ4n) is 5.72. The van der Waals surface area contributed by atoms with Gasteiger partial charge >= 0.3 is 0 Å². The number of benzene rings is 1. The van der Waals surface area contributed by atoms with Crippen molar-refractivity contribution in [2.75, 3.05) is 4.90 Å². The molecule has 0 bridgehead atoms. The molecule has 2 amide bonds. The molecule has 0 spiro atoms. The van der Waals surface area contributed by atoms with Gasteiger partial charge < -0.3 is 0 Å². The Balaban J connectivity index is 1.62. The number of anilines is 1. The summed E-state index contributed by atoms with van der Waals surface area (Å²) >= 11 is 0. The van der Waals surface area contributed by atoms with Crippen molar-refractivity contribution >= 4 is 17.5 Å². The van der Waals surface area contributed by atoms with E-state index in [1.807, 2.05) is 30.3 Å². The standard InChI is InChI=1S/C20H21NO2/c22-19-17-15-10-4-8-13(15)14-9-5-11-16(14)18(17)20(23)21(19)12-6-2-1-3-7-12/h1-3,6-7,15-18H,4-5,8-11H2/t15-,16-,17-,18+/m1/s1. The van der Waals surface area contributed by atoms with Crippen LogP contribution in [0.1, 0.15) is 38.5 Å².